The van der Waals surface area contributed by atoms with Gasteiger partial charge in [0.05, 0.1) is 12.1 Å². The monoisotopic (exact) mass is 338 g/mol. The Kier molecular flexibility index (Phi) is 5.03. The van der Waals surface area contributed by atoms with Gasteiger partial charge in [0.1, 0.15) is 5.54 Å². The Hall–Kier alpha value is -1.96. The van der Waals surface area contributed by atoms with Crippen LogP contribution in [-0.4, -0.2) is 46.2 Å². The first-order valence-corrected chi connectivity index (χ1v) is 8.44. The molecule has 23 heavy (non-hydrogen) atoms. The van der Waals surface area contributed by atoms with Crippen molar-refractivity contribution in [2.75, 3.05) is 18.4 Å². The molecule has 8 heteroatoms. The normalized spacial score (nSPS) is 17.1. The van der Waals surface area contributed by atoms with Gasteiger partial charge in [-0.2, -0.15) is 0 Å². The molecule has 1 aromatic rings. The lowest BCUT2D eigenvalue weighted by atomic mass is 9.98. The highest BCUT2D eigenvalue weighted by molar-refractivity contribution is 7.13. The average Bonchev–Trinajstić information content (AvgIpc) is 2.88. The van der Waals surface area contributed by atoms with E-state index in [4.69, 9.17) is 0 Å². The third kappa shape index (κ3) is 3.87. The van der Waals surface area contributed by atoms with Crippen LogP contribution < -0.4 is 10.6 Å². The first-order valence-electron chi connectivity index (χ1n) is 7.56. The van der Waals surface area contributed by atoms with Crippen LogP contribution in [0.15, 0.2) is 5.38 Å². The van der Waals surface area contributed by atoms with Crippen molar-refractivity contribution < 1.29 is 14.4 Å². The van der Waals surface area contributed by atoms with Crippen LogP contribution >= 0.6 is 11.3 Å². The number of nitrogens with zero attached hydrogens (tertiary/aromatic N) is 2. The Balaban J connectivity index is 2.02. The number of rotatable bonds is 4. The van der Waals surface area contributed by atoms with Gasteiger partial charge in [0, 0.05) is 24.4 Å². The predicted octanol–water partition coefficient (Wildman–Crippen LogP) is 1.02. The summed E-state index contributed by atoms with van der Waals surface area (Å²) >= 11 is 1.29. The zero-order valence-electron chi connectivity index (χ0n) is 13.8. The van der Waals surface area contributed by atoms with Gasteiger partial charge in [-0.3, -0.25) is 14.4 Å². The van der Waals surface area contributed by atoms with Crippen molar-refractivity contribution in [2.24, 2.45) is 5.92 Å². The highest BCUT2D eigenvalue weighted by atomic mass is 32.1. The highest BCUT2D eigenvalue weighted by Crippen LogP contribution is 2.21. The summed E-state index contributed by atoms with van der Waals surface area (Å²) in [6.45, 7) is 8.01. The van der Waals surface area contributed by atoms with Gasteiger partial charge in [0.15, 0.2) is 5.13 Å². The van der Waals surface area contributed by atoms with Crippen molar-refractivity contribution in [1.82, 2.24) is 15.2 Å². The fourth-order valence-corrected chi connectivity index (χ4v) is 2.99. The summed E-state index contributed by atoms with van der Waals surface area (Å²) in [6, 6.07) is 0. The molecule has 7 nitrogen and oxygen atoms in total. The van der Waals surface area contributed by atoms with E-state index in [0.29, 0.717) is 23.9 Å². The van der Waals surface area contributed by atoms with Crippen LogP contribution in [0.3, 0.4) is 0 Å². The molecule has 0 aliphatic carbocycles. The molecule has 0 atom stereocenters. The number of hydrogen-bond donors (Lipinski definition) is 2. The molecule has 2 N–H and O–H groups in total. The van der Waals surface area contributed by atoms with Gasteiger partial charge in [-0.25, -0.2) is 4.98 Å². The van der Waals surface area contributed by atoms with Crippen LogP contribution in [0.2, 0.25) is 0 Å². The van der Waals surface area contributed by atoms with Crippen LogP contribution in [-0.2, 0) is 20.8 Å². The minimum Gasteiger partial charge on any atom is -0.352 e. The summed E-state index contributed by atoms with van der Waals surface area (Å²) in [7, 11) is 0. The molecule has 0 spiro atoms. The van der Waals surface area contributed by atoms with Crippen molar-refractivity contribution in [2.45, 2.75) is 39.7 Å². The summed E-state index contributed by atoms with van der Waals surface area (Å²) in [5.74, 6) is -0.528. The highest BCUT2D eigenvalue weighted by Gasteiger charge is 2.40. The number of anilines is 1. The lowest BCUT2D eigenvalue weighted by Gasteiger charge is -2.41. The van der Waals surface area contributed by atoms with Crippen LogP contribution in [0.4, 0.5) is 5.13 Å². The number of hydrogen-bond acceptors (Lipinski definition) is 5. The summed E-state index contributed by atoms with van der Waals surface area (Å²) in [5.41, 5.74) is -0.263. The minimum absolute atomic E-state index is 0.105. The molecule has 2 rings (SSSR count). The van der Waals surface area contributed by atoms with E-state index in [9.17, 15) is 14.4 Å². The van der Waals surface area contributed by atoms with Crippen LogP contribution in [0.5, 0.6) is 0 Å². The number of carbonyl (C=O) groups is 3. The first kappa shape index (κ1) is 17.4. The lowest BCUT2D eigenvalue weighted by molar-refractivity contribution is -0.148. The first-order chi connectivity index (χ1) is 10.7. The number of thiazole rings is 1. The molecule has 126 valence electrons. The smallest absolute Gasteiger partial charge is 0.245 e. The fourth-order valence-electron chi connectivity index (χ4n) is 2.28. The molecule has 2 heterocycles. The maximum atomic E-state index is 12.5. The molecule has 3 amide bonds. The van der Waals surface area contributed by atoms with E-state index >= 15 is 0 Å². The van der Waals surface area contributed by atoms with Gasteiger partial charge < -0.3 is 15.5 Å². The fraction of sp³-hybridized carbons (Fsp3) is 0.600. The van der Waals surface area contributed by atoms with Gasteiger partial charge in [-0.1, -0.05) is 13.8 Å². The molecule has 1 saturated heterocycles. The summed E-state index contributed by atoms with van der Waals surface area (Å²) in [6.07, 6.45) is 0.116. The standard InChI is InChI=1S/C15H22N4O3S/c1-9(2)12(21)18-14-17-10(8-23-14)7-11(20)19-6-5-16-13(22)15(19,3)4/h8-9H,5-7H2,1-4H3,(H,16,22)(H,17,18,21). The van der Waals surface area contributed by atoms with Crippen LogP contribution in [0.1, 0.15) is 33.4 Å². The molecule has 1 aliphatic rings. The second-order valence-corrected chi connectivity index (χ2v) is 7.18. The zero-order chi connectivity index (χ0) is 17.2. The van der Waals surface area contributed by atoms with E-state index in [1.807, 2.05) is 0 Å². The summed E-state index contributed by atoms with van der Waals surface area (Å²) in [5, 5.41) is 7.72. The molecule has 1 aliphatic heterocycles. The maximum absolute atomic E-state index is 12.5. The topological polar surface area (TPSA) is 91.4 Å². The van der Waals surface area contributed by atoms with Crippen molar-refractivity contribution in [3.63, 3.8) is 0 Å². The quantitative estimate of drug-likeness (QED) is 0.857. The van der Waals surface area contributed by atoms with Gasteiger partial charge in [-0.15, -0.1) is 11.3 Å². The molecule has 0 unspecified atom stereocenters. The number of aromatic nitrogens is 1. The molecule has 0 saturated carbocycles. The molecule has 0 aromatic carbocycles. The van der Waals surface area contributed by atoms with Gasteiger partial charge in [0.25, 0.3) is 0 Å². The number of nitrogens with one attached hydrogen (secondary N) is 2. The number of amides is 3. The Morgan fingerprint density at radius 3 is 2.83 bits per heavy atom. The van der Waals surface area contributed by atoms with Gasteiger partial charge in [0.2, 0.25) is 17.7 Å². The van der Waals surface area contributed by atoms with E-state index < -0.39 is 5.54 Å². The lowest BCUT2D eigenvalue weighted by Crippen LogP contribution is -2.63. The van der Waals surface area contributed by atoms with Crippen molar-refractivity contribution in [1.29, 1.82) is 0 Å². The predicted molar refractivity (Wildman–Crippen MR) is 88.1 cm³/mol. The van der Waals surface area contributed by atoms with Gasteiger partial charge >= 0.3 is 0 Å². The van der Waals surface area contributed by atoms with E-state index in [1.165, 1.54) is 11.3 Å². The molecule has 0 radical (unpaired) electrons. The summed E-state index contributed by atoms with van der Waals surface area (Å²) in [4.78, 5) is 41.9. The van der Waals surface area contributed by atoms with Crippen molar-refractivity contribution in [3.05, 3.63) is 11.1 Å². The molecule has 0 bridgehead atoms. The Labute approximate surface area is 139 Å². The molecule has 1 aromatic heterocycles. The Morgan fingerprint density at radius 2 is 2.17 bits per heavy atom. The summed E-state index contributed by atoms with van der Waals surface area (Å²) < 4.78 is 0. The molecule has 1 fully saturated rings. The van der Waals surface area contributed by atoms with Crippen LogP contribution in [0.25, 0.3) is 0 Å². The van der Waals surface area contributed by atoms with Crippen LogP contribution in [0, 0.1) is 5.92 Å². The zero-order valence-corrected chi connectivity index (χ0v) is 14.6. The molecular weight excluding hydrogens is 316 g/mol. The van der Waals surface area contributed by atoms with E-state index in [2.05, 4.69) is 15.6 Å². The number of carbonyl (C=O) groups excluding carboxylic acids is 3. The maximum Gasteiger partial charge on any atom is 0.245 e. The van der Waals surface area contributed by atoms with Crippen molar-refractivity contribution >= 4 is 34.2 Å². The third-order valence-corrected chi connectivity index (χ3v) is 4.60. The Bertz CT molecular complexity index is 624. The third-order valence-electron chi connectivity index (χ3n) is 3.79. The van der Waals surface area contributed by atoms with Crippen molar-refractivity contribution in [3.8, 4) is 0 Å². The molecular formula is C15H22N4O3S. The van der Waals surface area contributed by atoms with E-state index in [-0.39, 0.29) is 30.1 Å². The van der Waals surface area contributed by atoms with Gasteiger partial charge in [-0.05, 0) is 13.8 Å². The largest absolute Gasteiger partial charge is 0.352 e. The Morgan fingerprint density at radius 1 is 1.48 bits per heavy atom. The second-order valence-electron chi connectivity index (χ2n) is 6.33. The van der Waals surface area contributed by atoms with E-state index in [1.54, 1.807) is 38.0 Å². The average molecular weight is 338 g/mol. The SMILES string of the molecule is CC(C)C(=O)Nc1nc(CC(=O)N2CCNC(=O)C2(C)C)cs1. The second kappa shape index (κ2) is 6.66. The minimum atomic E-state index is -0.861. The van der Waals surface area contributed by atoms with E-state index in [0.717, 1.165) is 0 Å². The number of piperazine rings is 1.